The molecule has 0 aliphatic carbocycles. The number of carbonyl (C=O) groups is 2. The third-order valence-corrected chi connectivity index (χ3v) is 4.62. The van der Waals surface area contributed by atoms with E-state index in [1.807, 2.05) is 34.6 Å². The lowest BCUT2D eigenvalue weighted by atomic mass is 9.66. The molecule has 3 atom stereocenters. The van der Waals surface area contributed by atoms with Crippen molar-refractivity contribution in [1.29, 1.82) is 0 Å². The van der Waals surface area contributed by atoms with Gasteiger partial charge in [0.25, 0.3) is 0 Å². The largest absolute Gasteiger partial charge is 0.481 e. The second-order valence-corrected chi connectivity index (χ2v) is 7.65. The highest BCUT2D eigenvalue weighted by molar-refractivity contribution is 5.80. The molecule has 0 radical (unpaired) electrons. The minimum absolute atomic E-state index is 0.280. The quantitative estimate of drug-likeness (QED) is 0.581. The second-order valence-electron chi connectivity index (χ2n) is 7.65. The number of hydrogen-bond acceptors (Lipinski definition) is 2. The van der Waals surface area contributed by atoms with Crippen molar-refractivity contribution < 1.29 is 19.8 Å². The van der Waals surface area contributed by atoms with Crippen LogP contribution >= 0.6 is 0 Å². The Balaban J connectivity index is 5.44. The third kappa shape index (κ3) is 6.37. The third-order valence-electron chi connectivity index (χ3n) is 4.62. The molecular formula is C18H34O4. The standard InChI is InChI=1S/C18H34O4/c1-7-9-13(8-2)10-14(16(19)20)15(17(21)22)18(5,6)11-12(3)4/h12-15H,7-11H2,1-6H3,(H,19,20)(H,21,22). The fourth-order valence-corrected chi connectivity index (χ4v) is 3.87. The first-order valence-corrected chi connectivity index (χ1v) is 8.52. The van der Waals surface area contributed by atoms with Crippen LogP contribution in [0.15, 0.2) is 0 Å². The normalized spacial score (nSPS) is 16.3. The van der Waals surface area contributed by atoms with Crippen molar-refractivity contribution in [1.82, 2.24) is 0 Å². The van der Waals surface area contributed by atoms with Crippen LogP contribution in [0.2, 0.25) is 0 Å². The van der Waals surface area contributed by atoms with Gasteiger partial charge in [0.15, 0.2) is 0 Å². The van der Waals surface area contributed by atoms with Gasteiger partial charge >= 0.3 is 11.9 Å². The number of carboxylic acid groups (broad SMARTS) is 2. The summed E-state index contributed by atoms with van der Waals surface area (Å²) in [5, 5.41) is 19.3. The average molecular weight is 314 g/mol. The first-order chi connectivity index (χ1) is 10.1. The fourth-order valence-electron chi connectivity index (χ4n) is 3.87. The molecule has 2 N–H and O–H groups in total. The van der Waals surface area contributed by atoms with Crippen LogP contribution in [0.25, 0.3) is 0 Å². The maximum absolute atomic E-state index is 11.8. The Bertz CT molecular complexity index is 360. The van der Waals surface area contributed by atoms with E-state index in [1.165, 1.54) is 0 Å². The number of rotatable bonds is 11. The zero-order chi connectivity index (χ0) is 17.5. The summed E-state index contributed by atoms with van der Waals surface area (Å²) in [6.45, 7) is 12.0. The van der Waals surface area contributed by atoms with E-state index >= 15 is 0 Å². The van der Waals surface area contributed by atoms with E-state index in [4.69, 9.17) is 0 Å². The van der Waals surface area contributed by atoms with Crippen LogP contribution in [0.3, 0.4) is 0 Å². The van der Waals surface area contributed by atoms with Crippen LogP contribution in [0.1, 0.15) is 73.6 Å². The predicted molar refractivity (Wildman–Crippen MR) is 88.8 cm³/mol. The monoisotopic (exact) mass is 314 g/mol. The summed E-state index contributed by atoms with van der Waals surface area (Å²) in [5.41, 5.74) is -0.534. The lowest BCUT2D eigenvalue weighted by Gasteiger charge is -2.37. The highest BCUT2D eigenvalue weighted by Gasteiger charge is 2.44. The number of carboxylic acids is 2. The molecule has 0 heterocycles. The molecule has 130 valence electrons. The van der Waals surface area contributed by atoms with Crippen molar-refractivity contribution in [3.8, 4) is 0 Å². The number of aliphatic carboxylic acids is 2. The second kappa shape index (κ2) is 9.16. The lowest BCUT2D eigenvalue weighted by Crippen LogP contribution is -2.42. The summed E-state index contributed by atoms with van der Waals surface area (Å²) >= 11 is 0. The van der Waals surface area contributed by atoms with Gasteiger partial charge in [-0.05, 0) is 30.1 Å². The highest BCUT2D eigenvalue weighted by Crippen LogP contribution is 2.41. The van der Waals surface area contributed by atoms with Gasteiger partial charge in [0.05, 0.1) is 11.8 Å². The lowest BCUT2D eigenvalue weighted by molar-refractivity contribution is -0.160. The van der Waals surface area contributed by atoms with E-state index in [0.29, 0.717) is 18.8 Å². The van der Waals surface area contributed by atoms with Gasteiger partial charge in [-0.3, -0.25) is 9.59 Å². The van der Waals surface area contributed by atoms with Gasteiger partial charge in [-0.25, -0.2) is 0 Å². The van der Waals surface area contributed by atoms with E-state index < -0.39 is 29.2 Å². The first-order valence-electron chi connectivity index (χ1n) is 8.52. The molecule has 4 nitrogen and oxygen atoms in total. The highest BCUT2D eigenvalue weighted by atomic mass is 16.4. The van der Waals surface area contributed by atoms with E-state index in [1.54, 1.807) is 0 Å². The van der Waals surface area contributed by atoms with Gasteiger partial charge in [0.2, 0.25) is 0 Å². The summed E-state index contributed by atoms with van der Waals surface area (Å²) in [6, 6.07) is 0. The molecule has 0 aromatic rings. The Kier molecular flexibility index (Phi) is 8.72. The molecule has 0 rings (SSSR count). The van der Waals surface area contributed by atoms with Gasteiger partial charge in [0.1, 0.15) is 0 Å². The average Bonchev–Trinajstić information content (AvgIpc) is 2.34. The van der Waals surface area contributed by atoms with Crippen molar-refractivity contribution in [2.45, 2.75) is 73.6 Å². The Morgan fingerprint density at radius 1 is 1.05 bits per heavy atom. The topological polar surface area (TPSA) is 74.6 Å². The van der Waals surface area contributed by atoms with Gasteiger partial charge in [-0.2, -0.15) is 0 Å². The van der Waals surface area contributed by atoms with Crippen LogP contribution < -0.4 is 0 Å². The smallest absolute Gasteiger partial charge is 0.307 e. The van der Waals surface area contributed by atoms with Crippen molar-refractivity contribution in [2.75, 3.05) is 0 Å². The molecule has 3 unspecified atom stereocenters. The molecule has 0 aliphatic heterocycles. The minimum Gasteiger partial charge on any atom is -0.481 e. The molecular weight excluding hydrogens is 280 g/mol. The molecule has 4 heteroatoms. The zero-order valence-corrected chi connectivity index (χ0v) is 15.1. The Morgan fingerprint density at radius 2 is 1.59 bits per heavy atom. The first kappa shape index (κ1) is 20.9. The molecule has 0 fully saturated rings. The van der Waals surface area contributed by atoms with Crippen molar-refractivity contribution in [2.24, 2.45) is 29.1 Å². The molecule has 0 spiro atoms. The number of hydrogen-bond donors (Lipinski definition) is 2. The minimum atomic E-state index is -0.982. The van der Waals surface area contributed by atoms with Crippen LogP contribution in [-0.2, 0) is 9.59 Å². The van der Waals surface area contributed by atoms with E-state index in [9.17, 15) is 19.8 Å². The zero-order valence-electron chi connectivity index (χ0n) is 15.1. The SMILES string of the molecule is CCCC(CC)CC(C(=O)O)C(C(=O)O)C(C)(C)CC(C)C. The molecule has 0 saturated carbocycles. The Morgan fingerprint density at radius 3 is 1.91 bits per heavy atom. The molecule has 22 heavy (non-hydrogen) atoms. The van der Waals surface area contributed by atoms with Crippen LogP contribution in [0, 0.1) is 29.1 Å². The Labute approximate surface area is 135 Å². The van der Waals surface area contributed by atoms with Gasteiger partial charge in [-0.15, -0.1) is 0 Å². The van der Waals surface area contributed by atoms with Gasteiger partial charge < -0.3 is 10.2 Å². The van der Waals surface area contributed by atoms with Crippen LogP contribution in [0.5, 0.6) is 0 Å². The predicted octanol–water partition coefficient (Wildman–Crippen LogP) is 4.68. The van der Waals surface area contributed by atoms with Crippen molar-refractivity contribution >= 4 is 11.9 Å². The van der Waals surface area contributed by atoms with Crippen molar-refractivity contribution in [3.05, 3.63) is 0 Å². The van der Waals surface area contributed by atoms with Crippen LogP contribution in [-0.4, -0.2) is 22.2 Å². The van der Waals surface area contributed by atoms with E-state index in [-0.39, 0.29) is 5.92 Å². The molecule has 0 amide bonds. The van der Waals surface area contributed by atoms with E-state index in [2.05, 4.69) is 6.92 Å². The summed E-state index contributed by atoms with van der Waals surface area (Å²) in [6.07, 6.45) is 4.01. The Hall–Kier alpha value is -1.06. The molecule has 0 aliphatic rings. The van der Waals surface area contributed by atoms with Gasteiger partial charge in [-0.1, -0.05) is 60.8 Å². The molecule has 0 bridgehead atoms. The van der Waals surface area contributed by atoms with Gasteiger partial charge in [0, 0.05) is 0 Å². The summed E-state index contributed by atoms with van der Waals surface area (Å²) in [5.74, 6) is -3.00. The van der Waals surface area contributed by atoms with E-state index in [0.717, 1.165) is 19.3 Å². The molecule has 0 aromatic heterocycles. The fraction of sp³-hybridized carbons (Fsp3) is 0.889. The molecule has 0 aromatic carbocycles. The summed E-state index contributed by atoms with van der Waals surface area (Å²) < 4.78 is 0. The maximum atomic E-state index is 11.8. The summed E-state index contributed by atoms with van der Waals surface area (Å²) in [7, 11) is 0. The van der Waals surface area contributed by atoms with Crippen LogP contribution in [0.4, 0.5) is 0 Å². The summed E-state index contributed by atoms with van der Waals surface area (Å²) in [4.78, 5) is 23.6. The maximum Gasteiger partial charge on any atom is 0.307 e. The van der Waals surface area contributed by atoms with Crippen molar-refractivity contribution in [3.63, 3.8) is 0 Å². The molecule has 0 saturated heterocycles.